The van der Waals surface area contributed by atoms with Crippen molar-refractivity contribution in [3.05, 3.63) is 35.9 Å². The molecule has 0 radical (unpaired) electrons. The van der Waals surface area contributed by atoms with Gasteiger partial charge in [-0.25, -0.2) is 0 Å². The van der Waals surface area contributed by atoms with Gasteiger partial charge in [-0.3, -0.25) is 0 Å². The standard InChI is InChI=1S/C15H24O3/c1-13(8-7-11-15(16-2)17-3)18-12-14-9-5-4-6-10-14/h4-6,9-10,13,15H,7-8,11-12H2,1-3H3. The fourth-order valence-corrected chi connectivity index (χ4v) is 1.80. The summed E-state index contributed by atoms with van der Waals surface area (Å²) >= 11 is 0. The third-order valence-electron chi connectivity index (χ3n) is 2.95. The van der Waals surface area contributed by atoms with E-state index in [1.165, 1.54) is 5.56 Å². The van der Waals surface area contributed by atoms with Crippen molar-refractivity contribution in [2.45, 2.75) is 45.2 Å². The van der Waals surface area contributed by atoms with Crippen molar-refractivity contribution in [3.63, 3.8) is 0 Å². The van der Waals surface area contributed by atoms with Gasteiger partial charge in [0.05, 0.1) is 12.7 Å². The van der Waals surface area contributed by atoms with E-state index < -0.39 is 0 Å². The maximum Gasteiger partial charge on any atom is 0.156 e. The molecule has 1 rings (SSSR count). The first kappa shape index (κ1) is 15.2. The third-order valence-corrected chi connectivity index (χ3v) is 2.95. The summed E-state index contributed by atoms with van der Waals surface area (Å²) in [6, 6.07) is 10.2. The molecule has 3 heteroatoms. The van der Waals surface area contributed by atoms with Gasteiger partial charge in [-0.15, -0.1) is 0 Å². The average molecular weight is 252 g/mol. The summed E-state index contributed by atoms with van der Waals surface area (Å²) in [5.41, 5.74) is 1.22. The molecular formula is C15H24O3. The van der Waals surface area contributed by atoms with E-state index in [1.54, 1.807) is 14.2 Å². The van der Waals surface area contributed by atoms with Crippen molar-refractivity contribution < 1.29 is 14.2 Å². The molecule has 0 heterocycles. The molecule has 0 aromatic heterocycles. The molecule has 1 aromatic carbocycles. The van der Waals surface area contributed by atoms with Crippen molar-refractivity contribution in [2.24, 2.45) is 0 Å². The molecule has 0 spiro atoms. The highest BCUT2D eigenvalue weighted by molar-refractivity contribution is 5.13. The Hall–Kier alpha value is -0.900. The van der Waals surface area contributed by atoms with Crippen LogP contribution in [0.1, 0.15) is 31.7 Å². The molecule has 1 aromatic rings. The van der Waals surface area contributed by atoms with Gasteiger partial charge in [0.1, 0.15) is 0 Å². The Labute approximate surface area is 110 Å². The van der Waals surface area contributed by atoms with Crippen molar-refractivity contribution in [3.8, 4) is 0 Å². The van der Waals surface area contributed by atoms with E-state index in [-0.39, 0.29) is 12.4 Å². The highest BCUT2D eigenvalue weighted by Gasteiger charge is 2.07. The normalized spacial score (nSPS) is 12.9. The second kappa shape index (κ2) is 9.09. The Balaban J connectivity index is 2.12. The molecule has 1 unspecified atom stereocenters. The van der Waals surface area contributed by atoms with Gasteiger partial charge in [-0.2, -0.15) is 0 Å². The molecule has 0 aliphatic rings. The van der Waals surface area contributed by atoms with Gasteiger partial charge in [0, 0.05) is 14.2 Å². The van der Waals surface area contributed by atoms with Crippen molar-refractivity contribution in [1.29, 1.82) is 0 Å². The predicted octanol–water partition coefficient (Wildman–Crippen LogP) is 3.38. The summed E-state index contributed by atoms with van der Waals surface area (Å²) < 4.78 is 16.1. The minimum absolute atomic E-state index is 0.0914. The number of benzene rings is 1. The highest BCUT2D eigenvalue weighted by atomic mass is 16.7. The van der Waals surface area contributed by atoms with Gasteiger partial charge in [-0.1, -0.05) is 30.3 Å². The smallest absolute Gasteiger partial charge is 0.156 e. The van der Waals surface area contributed by atoms with Crippen LogP contribution >= 0.6 is 0 Å². The zero-order chi connectivity index (χ0) is 13.2. The zero-order valence-electron chi connectivity index (χ0n) is 11.6. The van der Waals surface area contributed by atoms with Gasteiger partial charge in [0.25, 0.3) is 0 Å². The monoisotopic (exact) mass is 252 g/mol. The van der Waals surface area contributed by atoms with Crippen LogP contribution < -0.4 is 0 Å². The van der Waals surface area contributed by atoms with Crippen LogP contribution in [0.3, 0.4) is 0 Å². The summed E-state index contributed by atoms with van der Waals surface area (Å²) in [5, 5.41) is 0. The van der Waals surface area contributed by atoms with Crippen molar-refractivity contribution in [1.82, 2.24) is 0 Å². The quantitative estimate of drug-likeness (QED) is 0.631. The SMILES string of the molecule is COC(CCCC(C)OCc1ccccc1)OC. The molecule has 0 aliphatic carbocycles. The molecule has 0 amide bonds. The van der Waals surface area contributed by atoms with Crippen LogP contribution in [-0.4, -0.2) is 26.6 Å². The van der Waals surface area contributed by atoms with Crippen LogP contribution in [0.2, 0.25) is 0 Å². The second-order valence-corrected chi connectivity index (χ2v) is 4.44. The van der Waals surface area contributed by atoms with Gasteiger partial charge < -0.3 is 14.2 Å². The molecule has 18 heavy (non-hydrogen) atoms. The molecule has 0 aliphatic heterocycles. The van der Waals surface area contributed by atoms with Gasteiger partial charge in [0.15, 0.2) is 6.29 Å². The summed E-state index contributed by atoms with van der Waals surface area (Å²) in [7, 11) is 3.34. The lowest BCUT2D eigenvalue weighted by Gasteiger charge is -2.16. The Kier molecular flexibility index (Phi) is 7.65. The van der Waals surface area contributed by atoms with Crippen LogP contribution in [0.4, 0.5) is 0 Å². The van der Waals surface area contributed by atoms with Gasteiger partial charge in [-0.05, 0) is 31.7 Å². The summed E-state index contributed by atoms with van der Waals surface area (Å²) in [6.07, 6.45) is 3.15. The first-order valence-corrected chi connectivity index (χ1v) is 6.47. The third kappa shape index (κ3) is 6.15. The molecule has 0 saturated carbocycles. The van der Waals surface area contributed by atoms with E-state index in [1.807, 2.05) is 18.2 Å². The fourth-order valence-electron chi connectivity index (χ4n) is 1.80. The molecule has 1 atom stereocenters. The fraction of sp³-hybridized carbons (Fsp3) is 0.600. The first-order valence-electron chi connectivity index (χ1n) is 6.47. The highest BCUT2D eigenvalue weighted by Crippen LogP contribution is 2.11. The van der Waals surface area contributed by atoms with Crippen LogP contribution in [0.5, 0.6) is 0 Å². The van der Waals surface area contributed by atoms with E-state index in [2.05, 4.69) is 19.1 Å². The Bertz CT molecular complexity index is 296. The minimum Gasteiger partial charge on any atom is -0.374 e. The van der Waals surface area contributed by atoms with Crippen molar-refractivity contribution in [2.75, 3.05) is 14.2 Å². The van der Waals surface area contributed by atoms with Crippen LogP contribution in [-0.2, 0) is 20.8 Å². The van der Waals surface area contributed by atoms with Crippen LogP contribution in [0.15, 0.2) is 30.3 Å². The lowest BCUT2D eigenvalue weighted by molar-refractivity contribution is -0.108. The summed E-state index contributed by atoms with van der Waals surface area (Å²) in [4.78, 5) is 0. The maximum atomic E-state index is 5.80. The summed E-state index contributed by atoms with van der Waals surface area (Å²) in [5.74, 6) is 0. The van der Waals surface area contributed by atoms with E-state index in [9.17, 15) is 0 Å². The zero-order valence-corrected chi connectivity index (χ0v) is 11.6. The number of hydrogen-bond acceptors (Lipinski definition) is 3. The molecule has 0 saturated heterocycles. The topological polar surface area (TPSA) is 27.7 Å². The number of methoxy groups -OCH3 is 2. The molecule has 0 bridgehead atoms. The predicted molar refractivity (Wildman–Crippen MR) is 72.4 cm³/mol. The molecule has 0 fully saturated rings. The van der Waals surface area contributed by atoms with E-state index in [0.717, 1.165) is 19.3 Å². The summed E-state index contributed by atoms with van der Waals surface area (Å²) in [6.45, 7) is 2.79. The van der Waals surface area contributed by atoms with E-state index >= 15 is 0 Å². The molecule has 3 nitrogen and oxygen atoms in total. The van der Waals surface area contributed by atoms with Gasteiger partial charge in [0.2, 0.25) is 0 Å². The second-order valence-electron chi connectivity index (χ2n) is 4.44. The Morgan fingerprint density at radius 2 is 1.67 bits per heavy atom. The largest absolute Gasteiger partial charge is 0.374 e. The number of ether oxygens (including phenoxy) is 3. The molecule has 0 N–H and O–H groups in total. The molecular weight excluding hydrogens is 228 g/mol. The van der Waals surface area contributed by atoms with Gasteiger partial charge >= 0.3 is 0 Å². The minimum atomic E-state index is -0.0914. The Morgan fingerprint density at radius 1 is 1.00 bits per heavy atom. The van der Waals surface area contributed by atoms with E-state index in [0.29, 0.717) is 6.61 Å². The van der Waals surface area contributed by atoms with Crippen molar-refractivity contribution >= 4 is 0 Å². The van der Waals surface area contributed by atoms with Crippen LogP contribution in [0, 0.1) is 0 Å². The maximum absolute atomic E-state index is 5.80. The lowest BCUT2D eigenvalue weighted by atomic mass is 10.1. The first-order chi connectivity index (χ1) is 8.76. The number of hydrogen-bond donors (Lipinski definition) is 0. The Morgan fingerprint density at radius 3 is 2.28 bits per heavy atom. The lowest BCUT2D eigenvalue weighted by Crippen LogP contribution is -2.14. The average Bonchev–Trinajstić information content (AvgIpc) is 2.42. The molecule has 102 valence electrons. The van der Waals surface area contributed by atoms with Crippen LogP contribution in [0.25, 0.3) is 0 Å². The number of rotatable bonds is 9. The van der Waals surface area contributed by atoms with E-state index in [4.69, 9.17) is 14.2 Å².